The Morgan fingerprint density at radius 1 is 1.50 bits per heavy atom. The molecular weight excluding hydrogens is 304 g/mol. The molecule has 7 heteroatoms. The van der Waals surface area contributed by atoms with Crippen LogP contribution in [0.1, 0.15) is 22.3 Å². The molecule has 22 heavy (non-hydrogen) atoms. The highest BCUT2D eigenvalue weighted by Crippen LogP contribution is 2.25. The first kappa shape index (κ1) is 14.7. The van der Waals surface area contributed by atoms with E-state index >= 15 is 0 Å². The number of likely N-dealkylation sites (N-methyl/N-ethyl adjacent to an activating group) is 1. The van der Waals surface area contributed by atoms with Crippen molar-refractivity contribution in [3.8, 4) is 6.07 Å². The molecule has 2 fully saturated rings. The van der Waals surface area contributed by atoms with Gasteiger partial charge < -0.3 is 15.1 Å². The summed E-state index contributed by atoms with van der Waals surface area (Å²) < 4.78 is 0. The molecule has 0 radical (unpaired) electrons. The van der Waals surface area contributed by atoms with Crippen LogP contribution < -0.4 is 5.32 Å². The van der Waals surface area contributed by atoms with Crippen molar-refractivity contribution >= 4 is 23.5 Å². The molecule has 6 nitrogen and oxygen atoms in total. The molecule has 3 rings (SSSR count). The summed E-state index contributed by atoms with van der Waals surface area (Å²) >= 11 is 6.09. The number of benzene rings is 1. The van der Waals surface area contributed by atoms with Crippen LogP contribution in [0.25, 0.3) is 0 Å². The average Bonchev–Trinajstić information content (AvgIpc) is 2.81. The molecule has 2 aliphatic rings. The minimum Gasteiger partial charge on any atom is -0.336 e. The van der Waals surface area contributed by atoms with Gasteiger partial charge in [-0.2, -0.15) is 5.26 Å². The molecule has 2 heterocycles. The molecule has 0 aromatic heterocycles. The third-order valence-corrected chi connectivity index (χ3v) is 4.65. The van der Waals surface area contributed by atoms with Gasteiger partial charge in [-0.1, -0.05) is 11.6 Å². The van der Waals surface area contributed by atoms with Gasteiger partial charge in [0.25, 0.3) is 5.91 Å². The lowest BCUT2D eigenvalue weighted by atomic mass is 9.99. The highest BCUT2D eigenvalue weighted by Gasteiger charge is 2.41. The predicted octanol–water partition coefficient (Wildman–Crippen LogP) is 1.45. The fraction of sp³-hybridized carbons (Fsp3) is 0.400. The zero-order chi connectivity index (χ0) is 15.9. The molecule has 0 spiro atoms. The van der Waals surface area contributed by atoms with Crippen LogP contribution >= 0.6 is 11.6 Å². The summed E-state index contributed by atoms with van der Waals surface area (Å²) in [6.45, 7) is 1.01. The molecule has 1 aromatic carbocycles. The van der Waals surface area contributed by atoms with Crippen molar-refractivity contribution in [3.05, 3.63) is 34.3 Å². The number of hydrogen-bond donors (Lipinski definition) is 1. The number of nitriles is 1. The Bertz CT molecular complexity index is 685. The van der Waals surface area contributed by atoms with E-state index in [4.69, 9.17) is 16.9 Å². The van der Waals surface area contributed by atoms with Crippen LogP contribution in [0.5, 0.6) is 0 Å². The summed E-state index contributed by atoms with van der Waals surface area (Å²) in [5.74, 6) is -0.204. The van der Waals surface area contributed by atoms with Gasteiger partial charge >= 0.3 is 6.03 Å². The summed E-state index contributed by atoms with van der Waals surface area (Å²) in [7, 11) is 1.77. The van der Waals surface area contributed by atoms with E-state index in [0.717, 1.165) is 6.42 Å². The Kier molecular flexibility index (Phi) is 3.67. The number of carbonyl (C=O) groups is 2. The maximum Gasteiger partial charge on any atom is 0.317 e. The van der Waals surface area contributed by atoms with Crippen molar-refractivity contribution in [2.45, 2.75) is 18.5 Å². The van der Waals surface area contributed by atoms with Crippen molar-refractivity contribution in [3.63, 3.8) is 0 Å². The largest absolute Gasteiger partial charge is 0.336 e. The molecule has 1 aromatic rings. The van der Waals surface area contributed by atoms with E-state index in [1.165, 1.54) is 6.07 Å². The molecule has 0 saturated carbocycles. The van der Waals surface area contributed by atoms with Gasteiger partial charge in [0.05, 0.1) is 34.3 Å². The van der Waals surface area contributed by atoms with Gasteiger partial charge in [0.1, 0.15) is 0 Å². The van der Waals surface area contributed by atoms with Crippen LogP contribution in [-0.4, -0.2) is 54.0 Å². The Morgan fingerprint density at radius 3 is 3.00 bits per heavy atom. The summed E-state index contributed by atoms with van der Waals surface area (Å²) in [4.78, 5) is 27.7. The minimum absolute atomic E-state index is 0.0619. The summed E-state index contributed by atoms with van der Waals surface area (Å²) in [6.07, 6.45) is 0.723. The number of carbonyl (C=O) groups excluding carboxylic acids is 2. The van der Waals surface area contributed by atoms with Gasteiger partial charge in [0.15, 0.2) is 0 Å². The van der Waals surface area contributed by atoms with Gasteiger partial charge in [-0.3, -0.25) is 4.79 Å². The number of fused-ring (bicyclic) bond motifs is 1. The molecule has 0 bridgehead atoms. The molecule has 0 aliphatic carbocycles. The molecule has 2 saturated heterocycles. The maximum absolute atomic E-state index is 12.6. The van der Waals surface area contributed by atoms with E-state index in [0.29, 0.717) is 29.2 Å². The second-order valence-corrected chi connectivity index (χ2v) is 5.99. The molecular formula is C15H15ClN4O2. The highest BCUT2D eigenvalue weighted by atomic mass is 35.5. The van der Waals surface area contributed by atoms with Crippen molar-refractivity contribution in [2.75, 3.05) is 20.1 Å². The quantitative estimate of drug-likeness (QED) is 0.851. The number of likely N-dealkylation sites (tertiary alicyclic amines) is 1. The normalized spacial score (nSPS) is 23.8. The lowest BCUT2D eigenvalue weighted by molar-refractivity contribution is 0.0666. The number of halogens is 1. The first-order valence-corrected chi connectivity index (χ1v) is 7.41. The number of piperidine rings is 1. The zero-order valence-electron chi connectivity index (χ0n) is 12.0. The smallest absolute Gasteiger partial charge is 0.317 e. The molecule has 3 amide bonds. The minimum atomic E-state index is -0.204. The maximum atomic E-state index is 12.6. The lowest BCUT2D eigenvalue weighted by Gasteiger charge is -2.35. The highest BCUT2D eigenvalue weighted by molar-refractivity contribution is 6.33. The lowest BCUT2D eigenvalue weighted by Crippen LogP contribution is -2.52. The predicted molar refractivity (Wildman–Crippen MR) is 80.6 cm³/mol. The van der Waals surface area contributed by atoms with Crippen LogP contribution in [0.15, 0.2) is 18.2 Å². The summed E-state index contributed by atoms with van der Waals surface area (Å²) in [6, 6.07) is 6.62. The van der Waals surface area contributed by atoms with Crippen molar-refractivity contribution < 1.29 is 9.59 Å². The Morgan fingerprint density at radius 2 is 2.27 bits per heavy atom. The van der Waals surface area contributed by atoms with E-state index in [9.17, 15) is 9.59 Å². The van der Waals surface area contributed by atoms with Gasteiger partial charge in [-0.25, -0.2) is 4.79 Å². The van der Waals surface area contributed by atoms with E-state index in [1.54, 1.807) is 29.0 Å². The second-order valence-electron chi connectivity index (χ2n) is 5.58. The first-order chi connectivity index (χ1) is 10.5. The van der Waals surface area contributed by atoms with Crippen LogP contribution in [0.3, 0.4) is 0 Å². The van der Waals surface area contributed by atoms with E-state index in [1.807, 2.05) is 6.07 Å². The standard InChI is InChI=1S/C15H15ClN4O2/c1-19-13-4-5-20(8-12(13)18-15(19)22)14(21)10-6-9(7-17)2-3-11(10)16/h2-3,6,12-13H,4-5,8H2,1H3,(H,18,22)/t12-,13+/m1/s1. The fourth-order valence-electron chi connectivity index (χ4n) is 3.07. The average molecular weight is 319 g/mol. The Hall–Kier alpha value is -2.26. The summed E-state index contributed by atoms with van der Waals surface area (Å²) in [5.41, 5.74) is 0.730. The molecule has 2 atom stereocenters. The van der Waals surface area contributed by atoms with E-state index < -0.39 is 0 Å². The number of nitrogens with zero attached hydrogens (tertiary/aromatic N) is 3. The van der Waals surface area contributed by atoms with E-state index in [-0.39, 0.29) is 24.0 Å². The molecule has 0 unspecified atom stereocenters. The molecule has 1 N–H and O–H groups in total. The number of rotatable bonds is 1. The Balaban J connectivity index is 1.80. The van der Waals surface area contributed by atoms with Crippen molar-refractivity contribution in [1.82, 2.24) is 15.1 Å². The SMILES string of the molecule is CN1C(=O)N[C@@H]2CN(C(=O)c3cc(C#N)ccc3Cl)CC[C@@H]21. The third kappa shape index (κ3) is 2.38. The van der Waals surface area contributed by atoms with Gasteiger partial charge in [-0.15, -0.1) is 0 Å². The van der Waals surface area contributed by atoms with Crippen molar-refractivity contribution in [2.24, 2.45) is 0 Å². The van der Waals surface area contributed by atoms with E-state index in [2.05, 4.69) is 5.32 Å². The topological polar surface area (TPSA) is 76.4 Å². The Labute approximate surface area is 133 Å². The van der Waals surface area contributed by atoms with Crippen LogP contribution in [0.4, 0.5) is 4.79 Å². The van der Waals surface area contributed by atoms with Crippen molar-refractivity contribution in [1.29, 1.82) is 5.26 Å². The fourth-order valence-corrected chi connectivity index (χ4v) is 3.27. The van der Waals surface area contributed by atoms with Gasteiger partial charge in [0.2, 0.25) is 0 Å². The first-order valence-electron chi connectivity index (χ1n) is 7.03. The van der Waals surface area contributed by atoms with Gasteiger partial charge in [0, 0.05) is 20.1 Å². The number of hydrogen-bond acceptors (Lipinski definition) is 3. The number of nitrogens with one attached hydrogen (secondary N) is 1. The van der Waals surface area contributed by atoms with Gasteiger partial charge in [-0.05, 0) is 24.6 Å². The summed E-state index contributed by atoms with van der Waals surface area (Å²) in [5, 5.41) is 12.2. The monoisotopic (exact) mass is 318 g/mol. The zero-order valence-corrected chi connectivity index (χ0v) is 12.8. The van der Waals surface area contributed by atoms with Crippen LogP contribution in [0, 0.1) is 11.3 Å². The van der Waals surface area contributed by atoms with Crippen LogP contribution in [-0.2, 0) is 0 Å². The van der Waals surface area contributed by atoms with Crippen LogP contribution in [0.2, 0.25) is 5.02 Å². The number of amides is 3. The third-order valence-electron chi connectivity index (χ3n) is 4.32. The second kappa shape index (κ2) is 5.50. The molecule has 2 aliphatic heterocycles. The number of urea groups is 1. The molecule has 114 valence electrons.